The summed E-state index contributed by atoms with van der Waals surface area (Å²) < 4.78 is 12.6. The van der Waals surface area contributed by atoms with E-state index in [0.717, 1.165) is 11.1 Å². The molecule has 0 aliphatic carbocycles. The van der Waals surface area contributed by atoms with E-state index in [-0.39, 0.29) is 11.7 Å². The first-order valence-corrected chi connectivity index (χ1v) is 11.3. The van der Waals surface area contributed by atoms with Gasteiger partial charge in [0, 0.05) is 12.1 Å². The molecule has 0 bridgehead atoms. The zero-order chi connectivity index (χ0) is 23.1. The first kappa shape index (κ1) is 23.9. The second-order valence-corrected chi connectivity index (χ2v) is 8.13. The minimum Gasteiger partial charge on any atom is -0.493 e. The number of amides is 1. The molecule has 168 valence electrons. The lowest BCUT2D eigenvalue weighted by Gasteiger charge is -2.10. The Morgan fingerprint density at radius 3 is 2.59 bits per heavy atom. The van der Waals surface area contributed by atoms with Gasteiger partial charge in [-0.15, -0.1) is 10.2 Å². The summed E-state index contributed by atoms with van der Waals surface area (Å²) in [5, 5.41) is 14.0. The lowest BCUT2D eigenvalue weighted by Crippen LogP contribution is -2.20. The van der Waals surface area contributed by atoms with E-state index in [2.05, 4.69) is 20.7 Å². The summed E-state index contributed by atoms with van der Waals surface area (Å²) in [6, 6.07) is 10.6. The van der Waals surface area contributed by atoms with Crippen LogP contribution in [0.15, 0.2) is 46.7 Å². The molecule has 0 saturated carbocycles. The van der Waals surface area contributed by atoms with Crippen molar-refractivity contribution < 1.29 is 14.3 Å². The van der Waals surface area contributed by atoms with Crippen molar-refractivity contribution in [3.8, 4) is 22.9 Å². The zero-order valence-corrected chi connectivity index (χ0v) is 20.0. The molecule has 0 aliphatic rings. The Balaban J connectivity index is 1.64. The Morgan fingerprint density at radius 1 is 1.12 bits per heavy atom. The number of hydrogen-bond donors (Lipinski definition) is 1. The summed E-state index contributed by atoms with van der Waals surface area (Å²) in [7, 11) is 3.16. The van der Waals surface area contributed by atoms with E-state index in [4.69, 9.17) is 32.7 Å². The molecule has 32 heavy (non-hydrogen) atoms. The maximum atomic E-state index is 12.2. The number of benzene rings is 2. The van der Waals surface area contributed by atoms with Crippen LogP contribution >= 0.6 is 35.0 Å². The van der Waals surface area contributed by atoms with Crippen molar-refractivity contribution in [3.63, 3.8) is 0 Å². The average Bonchev–Trinajstić information content (AvgIpc) is 3.22. The van der Waals surface area contributed by atoms with Crippen molar-refractivity contribution in [2.24, 2.45) is 5.10 Å². The molecule has 1 heterocycles. The fourth-order valence-electron chi connectivity index (χ4n) is 2.80. The molecule has 0 radical (unpaired) electrons. The van der Waals surface area contributed by atoms with Crippen molar-refractivity contribution in [2.75, 3.05) is 20.0 Å². The fourth-order valence-corrected chi connectivity index (χ4v) is 3.90. The molecule has 11 heteroatoms. The highest BCUT2D eigenvalue weighted by atomic mass is 35.5. The summed E-state index contributed by atoms with van der Waals surface area (Å²) in [5.74, 6) is 1.76. The van der Waals surface area contributed by atoms with Crippen molar-refractivity contribution in [2.45, 2.75) is 18.6 Å². The van der Waals surface area contributed by atoms with Crippen LogP contribution in [0.25, 0.3) is 11.4 Å². The topological polar surface area (TPSA) is 90.6 Å². The third-order valence-electron chi connectivity index (χ3n) is 4.35. The van der Waals surface area contributed by atoms with Gasteiger partial charge in [0.25, 0.3) is 5.91 Å². The molecule has 1 amide bonds. The molecule has 0 aliphatic heterocycles. The van der Waals surface area contributed by atoms with Gasteiger partial charge in [-0.1, -0.05) is 41.0 Å². The average molecular weight is 494 g/mol. The van der Waals surface area contributed by atoms with Gasteiger partial charge < -0.3 is 14.0 Å². The highest BCUT2D eigenvalue weighted by Gasteiger charge is 2.16. The number of nitrogens with zero attached hydrogens (tertiary/aromatic N) is 4. The van der Waals surface area contributed by atoms with Crippen LogP contribution < -0.4 is 14.9 Å². The molecule has 1 N–H and O–H groups in total. The van der Waals surface area contributed by atoms with Crippen LogP contribution in [0.1, 0.15) is 12.5 Å². The largest absolute Gasteiger partial charge is 0.493 e. The van der Waals surface area contributed by atoms with Crippen LogP contribution in [-0.2, 0) is 11.3 Å². The lowest BCUT2D eigenvalue weighted by atomic mass is 10.2. The predicted octanol–water partition coefficient (Wildman–Crippen LogP) is 4.53. The standard InChI is InChI=1S/C21H21Cl2N5O3S/c1-4-28-20(14-6-8-17(30-2)18(10-14)31-3)26-27-21(28)32-12-19(29)25-24-11-13-5-7-15(22)16(23)9-13/h5-11H,4,12H2,1-3H3,(H,25,29)/b24-11-. The number of rotatable bonds is 9. The van der Waals surface area contributed by atoms with Gasteiger partial charge in [0.2, 0.25) is 0 Å². The number of hydrogen-bond acceptors (Lipinski definition) is 7. The van der Waals surface area contributed by atoms with Gasteiger partial charge >= 0.3 is 0 Å². The van der Waals surface area contributed by atoms with Crippen LogP contribution in [0.4, 0.5) is 0 Å². The monoisotopic (exact) mass is 493 g/mol. The molecule has 0 atom stereocenters. The molecule has 2 aromatic carbocycles. The maximum Gasteiger partial charge on any atom is 0.250 e. The molecule has 0 fully saturated rings. The van der Waals surface area contributed by atoms with Gasteiger partial charge in [-0.25, -0.2) is 5.43 Å². The van der Waals surface area contributed by atoms with E-state index in [1.165, 1.54) is 18.0 Å². The third kappa shape index (κ3) is 5.73. The number of methoxy groups -OCH3 is 2. The van der Waals surface area contributed by atoms with Crippen molar-refractivity contribution in [1.82, 2.24) is 20.2 Å². The SMILES string of the molecule is CCn1c(SCC(=O)N/N=C\c2ccc(Cl)c(Cl)c2)nnc1-c1ccc(OC)c(OC)c1. The van der Waals surface area contributed by atoms with Crippen LogP contribution in [-0.4, -0.2) is 46.9 Å². The number of aromatic nitrogens is 3. The zero-order valence-electron chi connectivity index (χ0n) is 17.6. The number of halogens is 2. The Kier molecular flexibility index (Phi) is 8.38. The Labute approximate surface area is 199 Å². The van der Waals surface area contributed by atoms with Gasteiger partial charge in [0.15, 0.2) is 22.5 Å². The van der Waals surface area contributed by atoms with Crippen LogP contribution in [0.5, 0.6) is 11.5 Å². The highest BCUT2D eigenvalue weighted by Crippen LogP contribution is 2.32. The molecular weight excluding hydrogens is 473 g/mol. The number of ether oxygens (including phenoxy) is 2. The minimum absolute atomic E-state index is 0.128. The summed E-state index contributed by atoms with van der Waals surface area (Å²) >= 11 is 13.1. The van der Waals surface area contributed by atoms with E-state index in [0.29, 0.717) is 39.1 Å². The summed E-state index contributed by atoms with van der Waals surface area (Å²) in [6.45, 7) is 2.62. The second-order valence-electron chi connectivity index (χ2n) is 6.38. The molecule has 3 rings (SSSR count). The number of carbonyl (C=O) groups excluding carboxylic acids is 1. The normalized spacial score (nSPS) is 11.0. The Hall–Kier alpha value is -2.75. The molecule has 0 spiro atoms. The van der Waals surface area contributed by atoms with Gasteiger partial charge in [0.1, 0.15) is 0 Å². The van der Waals surface area contributed by atoms with Gasteiger partial charge in [-0.3, -0.25) is 4.79 Å². The summed E-state index contributed by atoms with van der Waals surface area (Å²) in [6.07, 6.45) is 1.49. The molecule has 0 unspecified atom stereocenters. The molecule has 0 saturated heterocycles. The fraction of sp³-hybridized carbons (Fsp3) is 0.238. The van der Waals surface area contributed by atoms with Crippen molar-refractivity contribution in [1.29, 1.82) is 0 Å². The van der Waals surface area contributed by atoms with E-state index < -0.39 is 0 Å². The minimum atomic E-state index is -0.273. The highest BCUT2D eigenvalue weighted by molar-refractivity contribution is 7.99. The quantitative estimate of drug-likeness (QED) is 0.267. The second kappa shape index (κ2) is 11.2. The number of hydrazone groups is 1. The first-order valence-electron chi connectivity index (χ1n) is 9.52. The predicted molar refractivity (Wildman–Crippen MR) is 127 cm³/mol. The molecular formula is C21H21Cl2N5O3S. The number of thioether (sulfide) groups is 1. The van der Waals surface area contributed by atoms with E-state index in [1.807, 2.05) is 29.7 Å². The van der Waals surface area contributed by atoms with Crippen LogP contribution in [0.2, 0.25) is 10.0 Å². The van der Waals surface area contributed by atoms with Gasteiger partial charge in [-0.05, 0) is 42.8 Å². The molecule has 1 aromatic heterocycles. The van der Waals surface area contributed by atoms with Gasteiger partial charge in [0.05, 0.1) is 36.2 Å². The van der Waals surface area contributed by atoms with Crippen LogP contribution in [0, 0.1) is 0 Å². The number of nitrogens with one attached hydrogen (secondary N) is 1. The van der Waals surface area contributed by atoms with Crippen molar-refractivity contribution in [3.05, 3.63) is 52.0 Å². The maximum absolute atomic E-state index is 12.2. The van der Waals surface area contributed by atoms with Gasteiger partial charge in [-0.2, -0.15) is 5.10 Å². The summed E-state index contributed by atoms with van der Waals surface area (Å²) in [5.41, 5.74) is 4.04. The van der Waals surface area contributed by atoms with E-state index in [1.54, 1.807) is 32.4 Å². The summed E-state index contributed by atoms with van der Waals surface area (Å²) in [4.78, 5) is 12.2. The third-order valence-corrected chi connectivity index (χ3v) is 6.06. The van der Waals surface area contributed by atoms with E-state index >= 15 is 0 Å². The smallest absolute Gasteiger partial charge is 0.250 e. The number of carbonyl (C=O) groups is 1. The van der Waals surface area contributed by atoms with Crippen molar-refractivity contribution >= 4 is 47.1 Å². The van der Waals surface area contributed by atoms with Crippen LogP contribution in [0.3, 0.4) is 0 Å². The van der Waals surface area contributed by atoms with E-state index in [9.17, 15) is 4.79 Å². The molecule has 8 nitrogen and oxygen atoms in total. The first-order chi connectivity index (χ1) is 15.5. The Morgan fingerprint density at radius 2 is 1.91 bits per heavy atom. The lowest BCUT2D eigenvalue weighted by molar-refractivity contribution is -0.118. The Bertz CT molecular complexity index is 1140. The molecule has 3 aromatic rings.